The van der Waals surface area contributed by atoms with Gasteiger partial charge in [0.25, 0.3) is 0 Å². The molecule has 1 aromatic rings. The Morgan fingerprint density at radius 1 is 1.40 bits per heavy atom. The molecule has 7 heteroatoms. The number of amides is 1. The summed E-state index contributed by atoms with van der Waals surface area (Å²) in [4.78, 5) is 12.3. The minimum Gasteiger partial charge on any atom is -0.465 e. The van der Waals surface area contributed by atoms with E-state index >= 15 is 0 Å². The van der Waals surface area contributed by atoms with E-state index in [1.807, 2.05) is 0 Å². The molecular weight excluding hydrogens is 273 g/mol. The second kappa shape index (κ2) is 4.04. The van der Waals surface area contributed by atoms with Gasteiger partial charge in [-0.3, -0.25) is 0 Å². The molecule has 4 nitrogen and oxygen atoms in total. The molecule has 2 heterocycles. The van der Waals surface area contributed by atoms with Gasteiger partial charge in [-0.25, -0.2) is 4.79 Å². The van der Waals surface area contributed by atoms with Crippen molar-refractivity contribution in [3.63, 3.8) is 0 Å². The zero-order chi connectivity index (χ0) is 14.5. The molecule has 2 aliphatic heterocycles. The number of nitrogens with one attached hydrogen (secondary N) is 1. The molecule has 1 saturated heterocycles. The number of rotatable bonds is 0. The van der Waals surface area contributed by atoms with Crippen LogP contribution in [0.25, 0.3) is 0 Å². The first kappa shape index (κ1) is 13.1. The largest absolute Gasteiger partial charge is 0.465 e. The van der Waals surface area contributed by atoms with E-state index < -0.39 is 23.2 Å². The zero-order valence-corrected chi connectivity index (χ0v) is 10.5. The molecule has 0 bridgehead atoms. The minimum absolute atomic E-state index is 0.240. The van der Waals surface area contributed by atoms with Crippen LogP contribution in [0, 0.1) is 0 Å². The van der Waals surface area contributed by atoms with Gasteiger partial charge in [-0.2, -0.15) is 13.2 Å². The summed E-state index contributed by atoms with van der Waals surface area (Å²) in [5.41, 5.74) is 0.0315. The third-order valence-corrected chi connectivity index (χ3v) is 4.16. The minimum atomic E-state index is -4.39. The second-order valence-corrected chi connectivity index (χ2v) is 5.35. The molecular formula is C13H13F3N2O2. The van der Waals surface area contributed by atoms with Gasteiger partial charge in [0, 0.05) is 30.7 Å². The van der Waals surface area contributed by atoms with Gasteiger partial charge in [0.1, 0.15) is 0 Å². The lowest BCUT2D eigenvalue weighted by molar-refractivity contribution is -0.137. The number of alkyl halides is 3. The molecule has 2 aliphatic rings. The average molecular weight is 286 g/mol. The Morgan fingerprint density at radius 2 is 2.15 bits per heavy atom. The molecule has 1 aromatic carbocycles. The quantitative estimate of drug-likeness (QED) is 0.771. The number of likely N-dealkylation sites (tertiary alicyclic amines) is 1. The summed E-state index contributed by atoms with van der Waals surface area (Å²) < 4.78 is 38.4. The maximum atomic E-state index is 12.8. The highest BCUT2D eigenvalue weighted by molar-refractivity contribution is 5.68. The number of hydrogen-bond acceptors (Lipinski definition) is 2. The van der Waals surface area contributed by atoms with Gasteiger partial charge in [0.05, 0.1) is 5.56 Å². The fourth-order valence-corrected chi connectivity index (χ4v) is 3.07. The van der Waals surface area contributed by atoms with Crippen LogP contribution in [0.5, 0.6) is 0 Å². The number of benzene rings is 1. The summed E-state index contributed by atoms with van der Waals surface area (Å²) in [5, 5.41) is 12.1. The Kier molecular flexibility index (Phi) is 2.64. The molecule has 2 N–H and O–H groups in total. The SMILES string of the molecule is O=C(O)N1CC[C@@]2(CNc3ccc(C(F)(F)F)cc32)C1. The third kappa shape index (κ3) is 1.88. The Balaban J connectivity index is 1.99. The molecule has 108 valence electrons. The number of halogens is 3. The van der Waals surface area contributed by atoms with Crippen LogP contribution in [0.15, 0.2) is 18.2 Å². The number of carboxylic acid groups (broad SMARTS) is 1. The van der Waals surface area contributed by atoms with Crippen LogP contribution in [-0.4, -0.2) is 35.7 Å². The lowest BCUT2D eigenvalue weighted by Crippen LogP contribution is -2.35. The first-order valence-electron chi connectivity index (χ1n) is 6.25. The average Bonchev–Trinajstić information content (AvgIpc) is 2.95. The topological polar surface area (TPSA) is 52.6 Å². The maximum absolute atomic E-state index is 12.8. The van der Waals surface area contributed by atoms with E-state index in [2.05, 4.69) is 5.32 Å². The van der Waals surface area contributed by atoms with Crippen LogP contribution in [0.3, 0.4) is 0 Å². The highest BCUT2D eigenvalue weighted by Gasteiger charge is 2.46. The number of fused-ring (bicyclic) bond motifs is 2. The van der Waals surface area contributed by atoms with Gasteiger partial charge in [0.15, 0.2) is 0 Å². The number of nitrogens with zero attached hydrogens (tertiary/aromatic N) is 1. The van der Waals surface area contributed by atoms with Crippen molar-refractivity contribution in [2.24, 2.45) is 0 Å². The van der Waals surface area contributed by atoms with Gasteiger partial charge < -0.3 is 15.3 Å². The van der Waals surface area contributed by atoms with Crippen molar-refractivity contribution < 1.29 is 23.1 Å². The molecule has 1 amide bonds. The number of carbonyl (C=O) groups is 1. The predicted molar refractivity (Wildman–Crippen MR) is 65.8 cm³/mol. The summed E-state index contributed by atoms with van der Waals surface area (Å²) in [6, 6.07) is 3.63. The molecule has 1 fully saturated rings. The van der Waals surface area contributed by atoms with E-state index in [4.69, 9.17) is 5.11 Å². The van der Waals surface area contributed by atoms with Gasteiger partial charge in [-0.15, -0.1) is 0 Å². The standard InChI is InChI=1S/C13H13F3N2O2/c14-13(15,16)8-1-2-10-9(5-8)12(6-17-10)3-4-18(7-12)11(19)20/h1-2,5,17H,3-4,6-7H2,(H,19,20)/t12-/m1/s1. The van der Waals surface area contributed by atoms with Gasteiger partial charge >= 0.3 is 12.3 Å². The highest BCUT2D eigenvalue weighted by Crippen LogP contribution is 2.45. The van der Waals surface area contributed by atoms with Crippen LogP contribution < -0.4 is 5.32 Å². The predicted octanol–water partition coefficient (Wildman–Crippen LogP) is 2.75. The van der Waals surface area contributed by atoms with E-state index in [-0.39, 0.29) is 6.54 Å². The van der Waals surface area contributed by atoms with E-state index in [1.54, 1.807) is 0 Å². The van der Waals surface area contributed by atoms with E-state index in [0.29, 0.717) is 30.8 Å². The summed E-state index contributed by atoms with van der Waals surface area (Å²) >= 11 is 0. The highest BCUT2D eigenvalue weighted by atomic mass is 19.4. The monoisotopic (exact) mass is 286 g/mol. The van der Waals surface area contributed by atoms with Crippen LogP contribution >= 0.6 is 0 Å². The number of hydrogen-bond donors (Lipinski definition) is 2. The van der Waals surface area contributed by atoms with Crippen molar-refractivity contribution in [3.8, 4) is 0 Å². The molecule has 0 aromatic heterocycles. The summed E-state index contributed by atoms with van der Waals surface area (Å²) in [6.45, 7) is 1.07. The fraction of sp³-hybridized carbons (Fsp3) is 0.462. The zero-order valence-electron chi connectivity index (χ0n) is 10.5. The number of anilines is 1. The van der Waals surface area contributed by atoms with Crippen molar-refractivity contribution in [1.82, 2.24) is 4.90 Å². The molecule has 0 saturated carbocycles. The molecule has 0 aliphatic carbocycles. The fourth-order valence-electron chi connectivity index (χ4n) is 3.07. The van der Waals surface area contributed by atoms with Crippen molar-refractivity contribution >= 4 is 11.8 Å². The molecule has 0 unspecified atom stereocenters. The van der Waals surface area contributed by atoms with Crippen molar-refractivity contribution in [3.05, 3.63) is 29.3 Å². The van der Waals surface area contributed by atoms with E-state index in [1.165, 1.54) is 11.0 Å². The lowest BCUT2D eigenvalue weighted by Gasteiger charge is -2.23. The second-order valence-electron chi connectivity index (χ2n) is 5.35. The Hall–Kier alpha value is -1.92. The Labute approximate surface area is 113 Å². The van der Waals surface area contributed by atoms with Gasteiger partial charge in [-0.05, 0) is 30.2 Å². The molecule has 3 rings (SSSR count). The van der Waals surface area contributed by atoms with Crippen LogP contribution in [0.4, 0.5) is 23.7 Å². The van der Waals surface area contributed by atoms with Gasteiger partial charge in [-0.1, -0.05) is 0 Å². The first-order valence-corrected chi connectivity index (χ1v) is 6.25. The van der Waals surface area contributed by atoms with Crippen LogP contribution in [0.2, 0.25) is 0 Å². The third-order valence-electron chi connectivity index (χ3n) is 4.16. The molecule has 1 spiro atoms. The smallest absolute Gasteiger partial charge is 0.416 e. The van der Waals surface area contributed by atoms with Crippen molar-refractivity contribution in [1.29, 1.82) is 0 Å². The van der Waals surface area contributed by atoms with E-state index in [0.717, 1.165) is 12.1 Å². The summed E-state index contributed by atoms with van der Waals surface area (Å²) in [6.07, 6.45) is -4.87. The summed E-state index contributed by atoms with van der Waals surface area (Å²) in [7, 11) is 0. The molecule has 20 heavy (non-hydrogen) atoms. The summed E-state index contributed by atoms with van der Waals surface area (Å²) in [5.74, 6) is 0. The van der Waals surface area contributed by atoms with Crippen molar-refractivity contribution in [2.45, 2.75) is 18.0 Å². The van der Waals surface area contributed by atoms with Crippen LogP contribution in [0.1, 0.15) is 17.5 Å². The lowest BCUT2D eigenvalue weighted by atomic mass is 9.81. The first-order chi connectivity index (χ1) is 9.32. The van der Waals surface area contributed by atoms with Crippen molar-refractivity contribution in [2.75, 3.05) is 25.0 Å². The molecule has 1 atom stereocenters. The Bertz CT molecular complexity index is 573. The van der Waals surface area contributed by atoms with Crippen LogP contribution in [-0.2, 0) is 11.6 Å². The van der Waals surface area contributed by atoms with E-state index in [9.17, 15) is 18.0 Å². The maximum Gasteiger partial charge on any atom is 0.416 e. The normalized spacial score (nSPS) is 24.9. The Morgan fingerprint density at radius 3 is 2.75 bits per heavy atom. The van der Waals surface area contributed by atoms with Gasteiger partial charge in [0.2, 0.25) is 0 Å². The molecule has 0 radical (unpaired) electrons.